The van der Waals surface area contributed by atoms with Crippen LogP contribution in [0.25, 0.3) is 0 Å². The molecule has 0 aliphatic carbocycles. The third-order valence-electron chi connectivity index (χ3n) is 3.55. The molecule has 100 valence electrons. The van der Waals surface area contributed by atoms with Crippen molar-refractivity contribution in [3.8, 4) is 0 Å². The van der Waals surface area contributed by atoms with Gasteiger partial charge in [0.15, 0.2) is 0 Å². The molecule has 1 aliphatic rings. The number of rotatable bonds is 3. The van der Waals surface area contributed by atoms with E-state index in [9.17, 15) is 0 Å². The van der Waals surface area contributed by atoms with E-state index in [0.717, 1.165) is 42.2 Å². The van der Waals surface area contributed by atoms with Gasteiger partial charge in [-0.2, -0.15) is 0 Å². The summed E-state index contributed by atoms with van der Waals surface area (Å²) < 4.78 is 5.44. The summed E-state index contributed by atoms with van der Waals surface area (Å²) >= 11 is 6.36. The number of benzene rings is 1. The number of hydrogen-bond donors (Lipinski definition) is 1. The van der Waals surface area contributed by atoms with Crippen molar-refractivity contribution < 1.29 is 4.74 Å². The standard InChI is InChI=1S/C14H21ClN2O/c1-10(16)11-5-6-14(13(15)8-11)17-7-3-4-12(9-17)18-2/h5-6,8,10,12H,3-4,7,9,16H2,1-2H3/t10-,12?/m0/s1. The molecule has 0 saturated carbocycles. The van der Waals surface area contributed by atoms with Gasteiger partial charge in [-0.05, 0) is 37.5 Å². The van der Waals surface area contributed by atoms with Crippen LogP contribution >= 0.6 is 11.6 Å². The highest BCUT2D eigenvalue weighted by molar-refractivity contribution is 6.33. The number of methoxy groups -OCH3 is 1. The van der Waals surface area contributed by atoms with Crippen molar-refractivity contribution >= 4 is 17.3 Å². The Balaban J connectivity index is 2.17. The molecule has 1 aliphatic heterocycles. The van der Waals surface area contributed by atoms with Gasteiger partial charge in [-0.25, -0.2) is 0 Å². The highest BCUT2D eigenvalue weighted by Gasteiger charge is 2.21. The van der Waals surface area contributed by atoms with Crippen molar-refractivity contribution in [1.29, 1.82) is 0 Å². The smallest absolute Gasteiger partial charge is 0.0746 e. The number of nitrogens with two attached hydrogens (primary N) is 1. The van der Waals surface area contributed by atoms with Crippen molar-refractivity contribution in [2.75, 3.05) is 25.1 Å². The Bertz CT molecular complexity index is 409. The van der Waals surface area contributed by atoms with E-state index in [1.165, 1.54) is 0 Å². The first kappa shape index (κ1) is 13.7. The predicted molar refractivity (Wildman–Crippen MR) is 76.3 cm³/mol. The second-order valence-electron chi connectivity index (χ2n) is 4.95. The molecule has 1 heterocycles. The van der Waals surface area contributed by atoms with Crippen LogP contribution in [-0.4, -0.2) is 26.3 Å². The molecular formula is C14H21ClN2O. The largest absolute Gasteiger partial charge is 0.380 e. The average Bonchev–Trinajstić information content (AvgIpc) is 2.38. The molecule has 0 radical (unpaired) electrons. The molecule has 0 amide bonds. The van der Waals surface area contributed by atoms with Gasteiger partial charge in [-0.1, -0.05) is 17.7 Å². The maximum atomic E-state index is 6.36. The molecule has 1 saturated heterocycles. The molecule has 2 N–H and O–H groups in total. The lowest BCUT2D eigenvalue weighted by Crippen LogP contribution is -2.39. The molecule has 3 nitrogen and oxygen atoms in total. The van der Waals surface area contributed by atoms with E-state index in [0.29, 0.717) is 6.10 Å². The molecule has 1 unspecified atom stereocenters. The van der Waals surface area contributed by atoms with Crippen LogP contribution in [0.3, 0.4) is 0 Å². The fourth-order valence-electron chi connectivity index (χ4n) is 2.41. The van der Waals surface area contributed by atoms with E-state index in [-0.39, 0.29) is 6.04 Å². The van der Waals surface area contributed by atoms with Crippen molar-refractivity contribution in [3.05, 3.63) is 28.8 Å². The highest BCUT2D eigenvalue weighted by atomic mass is 35.5. The number of ether oxygens (including phenoxy) is 1. The minimum Gasteiger partial charge on any atom is -0.380 e. The topological polar surface area (TPSA) is 38.5 Å². The molecule has 1 aromatic rings. The third kappa shape index (κ3) is 2.97. The van der Waals surface area contributed by atoms with Crippen LogP contribution in [0.4, 0.5) is 5.69 Å². The number of anilines is 1. The maximum absolute atomic E-state index is 6.36. The summed E-state index contributed by atoms with van der Waals surface area (Å²) in [5.41, 5.74) is 8.02. The summed E-state index contributed by atoms with van der Waals surface area (Å²) in [5.74, 6) is 0. The molecule has 18 heavy (non-hydrogen) atoms. The second kappa shape index (κ2) is 5.91. The van der Waals surface area contributed by atoms with Crippen molar-refractivity contribution in [3.63, 3.8) is 0 Å². The van der Waals surface area contributed by atoms with Gasteiger partial charge in [0.2, 0.25) is 0 Å². The van der Waals surface area contributed by atoms with Gasteiger partial charge in [-0.15, -0.1) is 0 Å². The summed E-state index contributed by atoms with van der Waals surface area (Å²) in [7, 11) is 1.77. The van der Waals surface area contributed by atoms with Crippen molar-refractivity contribution in [1.82, 2.24) is 0 Å². The van der Waals surface area contributed by atoms with Crippen LogP contribution in [-0.2, 0) is 4.74 Å². The van der Waals surface area contributed by atoms with Crippen LogP contribution in [0.2, 0.25) is 5.02 Å². The van der Waals surface area contributed by atoms with E-state index >= 15 is 0 Å². The van der Waals surface area contributed by atoms with Crippen LogP contribution in [0.5, 0.6) is 0 Å². The number of piperidine rings is 1. The first-order valence-electron chi connectivity index (χ1n) is 6.44. The molecular weight excluding hydrogens is 248 g/mol. The lowest BCUT2D eigenvalue weighted by molar-refractivity contribution is 0.0893. The molecule has 2 atom stereocenters. The zero-order valence-electron chi connectivity index (χ0n) is 11.0. The Labute approximate surface area is 114 Å². The molecule has 1 fully saturated rings. The molecule has 0 spiro atoms. The van der Waals surface area contributed by atoms with Gasteiger partial charge in [0.25, 0.3) is 0 Å². The monoisotopic (exact) mass is 268 g/mol. The van der Waals surface area contributed by atoms with E-state index in [2.05, 4.69) is 17.0 Å². The van der Waals surface area contributed by atoms with Crippen LogP contribution in [0.15, 0.2) is 18.2 Å². The molecule has 0 bridgehead atoms. The molecule has 1 aromatic carbocycles. The Hall–Kier alpha value is -0.770. The summed E-state index contributed by atoms with van der Waals surface area (Å²) in [6.07, 6.45) is 2.58. The summed E-state index contributed by atoms with van der Waals surface area (Å²) in [6.45, 7) is 3.91. The summed E-state index contributed by atoms with van der Waals surface area (Å²) in [5, 5.41) is 0.779. The Morgan fingerprint density at radius 2 is 2.28 bits per heavy atom. The molecule has 2 rings (SSSR count). The Morgan fingerprint density at radius 1 is 1.50 bits per heavy atom. The van der Waals surface area contributed by atoms with Gasteiger partial charge in [0.05, 0.1) is 16.8 Å². The van der Waals surface area contributed by atoms with E-state index in [1.807, 2.05) is 13.0 Å². The maximum Gasteiger partial charge on any atom is 0.0746 e. The highest BCUT2D eigenvalue weighted by Crippen LogP contribution is 2.30. The number of nitrogens with zero attached hydrogens (tertiary/aromatic N) is 1. The Morgan fingerprint density at radius 3 is 2.89 bits per heavy atom. The first-order valence-corrected chi connectivity index (χ1v) is 6.82. The molecule has 0 aromatic heterocycles. The zero-order valence-corrected chi connectivity index (χ0v) is 11.8. The van der Waals surface area contributed by atoms with Crippen molar-refractivity contribution in [2.24, 2.45) is 5.73 Å². The van der Waals surface area contributed by atoms with Crippen molar-refractivity contribution in [2.45, 2.75) is 31.9 Å². The fraction of sp³-hybridized carbons (Fsp3) is 0.571. The number of halogens is 1. The Kier molecular flexibility index (Phi) is 4.49. The predicted octanol–water partition coefficient (Wildman–Crippen LogP) is 2.97. The van der Waals surface area contributed by atoms with Crippen LogP contribution in [0.1, 0.15) is 31.4 Å². The van der Waals surface area contributed by atoms with E-state index < -0.39 is 0 Å². The minimum absolute atomic E-state index is 0.0182. The van der Waals surface area contributed by atoms with Gasteiger partial charge in [-0.3, -0.25) is 0 Å². The van der Waals surface area contributed by atoms with Crippen LogP contribution < -0.4 is 10.6 Å². The first-order chi connectivity index (χ1) is 8.61. The minimum atomic E-state index is 0.0182. The van der Waals surface area contributed by atoms with E-state index in [4.69, 9.17) is 22.1 Å². The summed E-state index contributed by atoms with van der Waals surface area (Å²) in [6, 6.07) is 6.11. The SMILES string of the molecule is COC1CCCN(c2ccc([C@H](C)N)cc2Cl)C1. The fourth-order valence-corrected chi connectivity index (χ4v) is 2.72. The second-order valence-corrected chi connectivity index (χ2v) is 5.35. The lowest BCUT2D eigenvalue weighted by atomic mass is 10.1. The van der Waals surface area contributed by atoms with E-state index in [1.54, 1.807) is 7.11 Å². The normalized spacial score (nSPS) is 22.0. The van der Waals surface area contributed by atoms with Crippen LogP contribution in [0, 0.1) is 0 Å². The third-order valence-corrected chi connectivity index (χ3v) is 3.85. The zero-order chi connectivity index (χ0) is 13.1. The van der Waals surface area contributed by atoms with Gasteiger partial charge in [0, 0.05) is 26.2 Å². The number of hydrogen-bond acceptors (Lipinski definition) is 3. The lowest BCUT2D eigenvalue weighted by Gasteiger charge is -2.34. The molecule has 4 heteroatoms. The van der Waals surface area contributed by atoms with Gasteiger partial charge >= 0.3 is 0 Å². The van der Waals surface area contributed by atoms with Gasteiger partial charge < -0.3 is 15.4 Å². The quantitative estimate of drug-likeness (QED) is 0.916. The summed E-state index contributed by atoms with van der Waals surface area (Å²) in [4.78, 5) is 2.30. The van der Waals surface area contributed by atoms with Gasteiger partial charge in [0.1, 0.15) is 0 Å². The average molecular weight is 269 g/mol.